The van der Waals surface area contributed by atoms with Crippen molar-refractivity contribution in [3.63, 3.8) is 0 Å². The molecule has 2 aromatic rings. The lowest BCUT2D eigenvalue weighted by atomic mass is 10.1. The fourth-order valence-electron chi connectivity index (χ4n) is 6.38. The minimum Gasteiger partial charge on any atom is -0.540 e. The second-order valence-corrected chi connectivity index (χ2v) is 25.0. The molecular formula is C35H56N2O6Si2. The summed E-state index contributed by atoms with van der Waals surface area (Å²) >= 11 is 0. The number of esters is 1. The van der Waals surface area contributed by atoms with Gasteiger partial charge in [0.05, 0.1) is 37.4 Å². The number of ether oxygens (including phenoxy) is 2. The molecule has 0 aromatic heterocycles. The Morgan fingerprint density at radius 1 is 0.956 bits per heavy atom. The highest BCUT2D eigenvalue weighted by atomic mass is 28.4. The summed E-state index contributed by atoms with van der Waals surface area (Å²) in [6.07, 6.45) is -0.00206. The number of carbonyl (C=O) groups excluding carboxylic acids is 2. The first-order valence-electron chi connectivity index (χ1n) is 16.2. The van der Waals surface area contributed by atoms with Crippen molar-refractivity contribution in [1.29, 1.82) is 0 Å². The van der Waals surface area contributed by atoms with Crippen molar-refractivity contribution in [2.24, 2.45) is 0 Å². The minimum absolute atomic E-state index is 0.00768. The Kier molecular flexibility index (Phi) is 11.6. The van der Waals surface area contributed by atoms with Crippen LogP contribution in [0.5, 0.6) is 11.5 Å². The predicted octanol–water partition coefficient (Wildman–Crippen LogP) is 8.29. The fourth-order valence-corrected chi connectivity index (χ4v) is 12.7. The number of hydrogen-bond acceptors (Lipinski definition) is 7. The van der Waals surface area contributed by atoms with Crippen molar-refractivity contribution in [3.05, 3.63) is 53.6 Å². The van der Waals surface area contributed by atoms with Crippen LogP contribution in [0.15, 0.2) is 42.5 Å². The van der Waals surface area contributed by atoms with Gasteiger partial charge in [-0.15, -0.1) is 0 Å². The molecule has 3 rings (SSSR count). The van der Waals surface area contributed by atoms with Crippen molar-refractivity contribution in [2.45, 2.75) is 116 Å². The van der Waals surface area contributed by atoms with Crippen LogP contribution in [-0.4, -0.2) is 65.8 Å². The monoisotopic (exact) mass is 656 g/mol. The van der Waals surface area contributed by atoms with Crippen molar-refractivity contribution in [2.75, 3.05) is 26.0 Å². The van der Waals surface area contributed by atoms with Gasteiger partial charge in [0, 0.05) is 18.2 Å². The van der Waals surface area contributed by atoms with Crippen LogP contribution in [0.2, 0.25) is 34.8 Å². The Morgan fingerprint density at radius 3 is 2.04 bits per heavy atom. The van der Waals surface area contributed by atoms with Crippen molar-refractivity contribution < 1.29 is 27.9 Å². The summed E-state index contributed by atoms with van der Waals surface area (Å²) in [5.74, 6) is 0.393. The van der Waals surface area contributed by atoms with Crippen LogP contribution in [-0.2, 0) is 9.16 Å². The molecule has 0 spiro atoms. The molecule has 1 aliphatic heterocycles. The highest BCUT2D eigenvalue weighted by molar-refractivity contribution is 6.78. The third-order valence-corrected chi connectivity index (χ3v) is 20.4. The maximum Gasteiger partial charge on any atom is 0.338 e. The summed E-state index contributed by atoms with van der Waals surface area (Å²) in [5.41, 5.74) is 8.81. The number of rotatable bonds is 12. The molecule has 45 heavy (non-hydrogen) atoms. The molecule has 1 fully saturated rings. The summed E-state index contributed by atoms with van der Waals surface area (Å²) in [4.78, 5) is 28.9. The highest BCUT2D eigenvalue weighted by Crippen LogP contribution is 2.46. The predicted molar refractivity (Wildman–Crippen MR) is 187 cm³/mol. The van der Waals surface area contributed by atoms with Crippen molar-refractivity contribution >= 4 is 34.2 Å². The van der Waals surface area contributed by atoms with E-state index in [9.17, 15) is 9.59 Å². The van der Waals surface area contributed by atoms with E-state index in [0.717, 1.165) is 0 Å². The van der Waals surface area contributed by atoms with E-state index in [2.05, 4.69) is 75.4 Å². The van der Waals surface area contributed by atoms with Crippen LogP contribution in [0, 0.1) is 0 Å². The molecule has 0 radical (unpaired) electrons. The highest BCUT2D eigenvalue weighted by Gasteiger charge is 2.48. The smallest absolute Gasteiger partial charge is 0.338 e. The minimum atomic E-state index is -2.31. The maximum atomic E-state index is 14.3. The van der Waals surface area contributed by atoms with Gasteiger partial charge >= 0.3 is 5.97 Å². The van der Waals surface area contributed by atoms with Crippen LogP contribution < -0.4 is 14.9 Å². The fraction of sp³-hybridized carbons (Fsp3) is 0.600. The second-order valence-electron chi connectivity index (χ2n) is 14.8. The van der Waals surface area contributed by atoms with Crippen LogP contribution in [0.3, 0.4) is 0 Å². The Hall–Kier alpha value is -2.83. The van der Waals surface area contributed by atoms with Gasteiger partial charge in [-0.3, -0.25) is 4.79 Å². The summed E-state index contributed by atoms with van der Waals surface area (Å²) in [7, 11) is -2.84. The van der Waals surface area contributed by atoms with E-state index in [1.54, 1.807) is 48.4 Å². The van der Waals surface area contributed by atoms with Crippen LogP contribution in [0.25, 0.3) is 0 Å². The molecular weight excluding hydrogens is 601 g/mol. The van der Waals surface area contributed by atoms with Gasteiger partial charge in [0.2, 0.25) is 0 Å². The summed E-state index contributed by atoms with van der Waals surface area (Å²) in [5, 5.41) is 0.00768. The van der Waals surface area contributed by atoms with E-state index in [-0.39, 0.29) is 23.5 Å². The SMILES string of the molecule is COc1cc(C(=O)N2CC(OC(=O)c3ccccc3)CC2CO[Si](C)(C)C(C)(C)C)c(N)cc1O[Si](C(C)C)(C(C)C)C(C)C. The number of likely N-dealkylation sites (tertiary alicyclic amines) is 1. The van der Waals surface area contributed by atoms with E-state index in [1.165, 1.54) is 0 Å². The molecule has 1 heterocycles. The first-order valence-corrected chi connectivity index (χ1v) is 21.3. The topological polar surface area (TPSA) is 100 Å². The number of amides is 1. The standard InChI is InChI=1S/C35H56N2O6Si2/c1-23(2)45(24(3)4,25(5)6)43-32-20-30(36)29(19-31(32)40-10)33(38)37-21-28(42-34(39)26-16-14-13-15-17-26)18-27(37)22-41-44(11,12)35(7,8)9/h13-17,19-20,23-25,27-28H,18,21-22,36H2,1-12H3. The largest absolute Gasteiger partial charge is 0.540 e. The molecule has 2 atom stereocenters. The number of nitrogen functional groups attached to an aromatic ring is 1. The number of benzene rings is 2. The summed E-state index contributed by atoms with van der Waals surface area (Å²) < 4.78 is 25.2. The first kappa shape index (κ1) is 36.6. The lowest BCUT2D eigenvalue weighted by molar-refractivity contribution is 0.0315. The molecule has 2 N–H and O–H groups in total. The average molecular weight is 657 g/mol. The van der Waals surface area contributed by atoms with Gasteiger partial charge in [0.25, 0.3) is 14.2 Å². The number of nitrogens with zero attached hydrogens (tertiary/aromatic N) is 1. The Balaban J connectivity index is 1.96. The quantitative estimate of drug-likeness (QED) is 0.139. The zero-order chi connectivity index (χ0) is 33.9. The van der Waals surface area contributed by atoms with Gasteiger partial charge < -0.3 is 29.0 Å². The second kappa shape index (κ2) is 14.3. The van der Waals surface area contributed by atoms with E-state index >= 15 is 0 Å². The molecule has 8 nitrogen and oxygen atoms in total. The zero-order valence-electron chi connectivity index (χ0n) is 29.5. The number of methoxy groups -OCH3 is 1. The number of nitrogens with two attached hydrogens (primary N) is 1. The van der Waals surface area contributed by atoms with Crippen LogP contribution in [0.1, 0.15) is 89.5 Å². The van der Waals surface area contributed by atoms with E-state index < -0.39 is 28.7 Å². The average Bonchev–Trinajstić information content (AvgIpc) is 3.36. The molecule has 0 saturated carbocycles. The normalized spacial score (nSPS) is 17.7. The lowest BCUT2D eigenvalue weighted by Gasteiger charge is -2.42. The molecule has 10 heteroatoms. The van der Waals surface area contributed by atoms with Crippen LogP contribution in [0.4, 0.5) is 5.69 Å². The molecule has 2 aromatic carbocycles. The van der Waals surface area contributed by atoms with Gasteiger partial charge in [-0.25, -0.2) is 4.79 Å². The molecule has 1 saturated heterocycles. The van der Waals surface area contributed by atoms with Gasteiger partial charge in [-0.05, 0) is 53.0 Å². The molecule has 0 aliphatic carbocycles. The van der Waals surface area contributed by atoms with Gasteiger partial charge in [-0.1, -0.05) is 80.5 Å². The van der Waals surface area contributed by atoms with Gasteiger partial charge in [0.15, 0.2) is 14.1 Å². The van der Waals surface area contributed by atoms with E-state index in [0.29, 0.717) is 58.0 Å². The Bertz CT molecular complexity index is 1300. The Labute approximate surface area is 273 Å². The van der Waals surface area contributed by atoms with Crippen molar-refractivity contribution in [1.82, 2.24) is 4.90 Å². The van der Waals surface area contributed by atoms with Gasteiger partial charge in [0.1, 0.15) is 11.9 Å². The number of carbonyl (C=O) groups is 2. The number of hydrogen-bond donors (Lipinski definition) is 1. The molecule has 2 unspecified atom stereocenters. The molecule has 250 valence electrons. The third kappa shape index (κ3) is 7.95. The summed E-state index contributed by atoms with van der Waals surface area (Å²) in [6.45, 7) is 24.9. The van der Waals surface area contributed by atoms with E-state index in [1.807, 2.05) is 6.07 Å². The van der Waals surface area contributed by atoms with Crippen LogP contribution >= 0.6 is 0 Å². The maximum absolute atomic E-state index is 14.3. The van der Waals surface area contributed by atoms with Crippen molar-refractivity contribution in [3.8, 4) is 11.5 Å². The molecule has 1 aliphatic rings. The zero-order valence-corrected chi connectivity index (χ0v) is 31.5. The van der Waals surface area contributed by atoms with Gasteiger partial charge in [-0.2, -0.15) is 0 Å². The lowest BCUT2D eigenvalue weighted by Crippen LogP contribution is -2.50. The molecule has 0 bridgehead atoms. The first-order chi connectivity index (χ1) is 20.9. The van der Waals surface area contributed by atoms with E-state index in [4.69, 9.17) is 24.1 Å². The summed E-state index contributed by atoms with van der Waals surface area (Å²) in [6, 6.07) is 12.1. The number of anilines is 1. The molecule has 1 amide bonds. The Morgan fingerprint density at radius 2 is 1.53 bits per heavy atom. The third-order valence-electron chi connectivity index (χ3n) is 9.92.